The Morgan fingerprint density at radius 1 is 1.05 bits per heavy atom. The fourth-order valence-corrected chi connectivity index (χ4v) is 1.54. The van der Waals surface area contributed by atoms with Gasteiger partial charge in [0.15, 0.2) is 6.61 Å². The van der Waals surface area contributed by atoms with Gasteiger partial charge in [0.05, 0.1) is 17.3 Å². The van der Waals surface area contributed by atoms with Gasteiger partial charge >= 0.3 is 0 Å². The number of hydrogen-bond donors (Lipinski definition) is 1. The Bertz CT molecular complexity index is 604. The van der Waals surface area contributed by atoms with Crippen molar-refractivity contribution in [1.29, 1.82) is 5.26 Å². The molecule has 4 nitrogen and oxygen atoms in total. The normalized spacial score (nSPS) is 11.0. The maximum absolute atomic E-state index is 10.8. The third-order valence-electron chi connectivity index (χ3n) is 2.42. The SMILES string of the molecule is CC.N#Cc1ccccc1.O=C1COc2ccccc2N1. The third-order valence-corrected chi connectivity index (χ3v) is 2.42. The van der Waals surface area contributed by atoms with Crippen molar-refractivity contribution in [2.75, 3.05) is 11.9 Å². The molecule has 0 saturated heterocycles. The fraction of sp³-hybridized carbons (Fsp3) is 0.176. The molecule has 0 aromatic heterocycles. The van der Waals surface area contributed by atoms with Gasteiger partial charge in [-0.2, -0.15) is 5.26 Å². The summed E-state index contributed by atoms with van der Waals surface area (Å²) < 4.78 is 5.12. The van der Waals surface area contributed by atoms with E-state index in [0.29, 0.717) is 5.56 Å². The van der Waals surface area contributed by atoms with Crippen molar-refractivity contribution >= 4 is 11.6 Å². The molecule has 2 aromatic rings. The molecule has 0 radical (unpaired) electrons. The summed E-state index contributed by atoms with van der Waals surface area (Å²) in [5, 5.41) is 11.0. The molecule has 0 saturated carbocycles. The van der Waals surface area contributed by atoms with Crippen LogP contribution in [-0.2, 0) is 4.79 Å². The number of ether oxygens (including phenoxy) is 1. The van der Waals surface area contributed by atoms with Crippen LogP contribution in [0.5, 0.6) is 5.75 Å². The smallest absolute Gasteiger partial charge is 0.262 e. The van der Waals surface area contributed by atoms with E-state index in [1.165, 1.54) is 0 Å². The maximum Gasteiger partial charge on any atom is 0.262 e. The first-order chi connectivity index (χ1) is 10.3. The molecule has 1 aliphatic heterocycles. The number of benzene rings is 2. The van der Waals surface area contributed by atoms with Crippen LogP contribution in [0.3, 0.4) is 0 Å². The molecule has 4 heteroatoms. The van der Waals surface area contributed by atoms with E-state index in [2.05, 4.69) is 5.32 Å². The summed E-state index contributed by atoms with van der Waals surface area (Å²) in [6, 6.07) is 18.5. The number of nitrogens with zero attached hydrogens (tertiary/aromatic N) is 1. The average molecular weight is 282 g/mol. The second-order valence-corrected chi connectivity index (χ2v) is 3.81. The summed E-state index contributed by atoms with van der Waals surface area (Å²) in [6.07, 6.45) is 0. The van der Waals surface area contributed by atoms with Gasteiger partial charge in [0, 0.05) is 0 Å². The van der Waals surface area contributed by atoms with Crippen LogP contribution in [0.2, 0.25) is 0 Å². The lowest BCUT2D eigenvalue weighted by atomic mass is 10.2. The average Bonchev–Trinajstić information content (AvgIpc) is 2.58. The van der Waals surface area contributed by atoms with Crippen LogP contribution in [0.25, 0.3) is 0 Å². The molecule has 108 valence electrons. The first-order valence-corrected chi connectivity index (χ1v) is 6.76. The Hall–Kier alpha value is -2.80. The van der Waals surface area contributed by atoms with E-state index < -0.39 is 0 Å². The quantitative estimate of drug-likeness (QED) is 0.803. The largest absolute Gasteiger partial charge is 0.482 e. The van der Waals surface area contributed by atoms with E-state index in [0.717, 1.165) is 11.4 Å². The van der Waals surface area contributed by atoms with Crippen LogP contribution in [0.4, 0.5) is 5.69 Å². The minimum Gasteiger partial charge on any atom is -0.482 e. The van der Waals surface area contributed by atoms with Crippen molar-refractivity contribution in [2.24, 2.45) is 0 Å². The van der Waals surface area contributed by atoms with Crippen LogP contribution >= 0.6 is 0 Å². The van der Waals surface area contributed by atoms with E-state index in [1.807, 2.05) is 62.4 Å². The number of carbonyl (C=O) groups is 1. The molecule has 1 aliphatic rings. The summed E-state index contributed by atoms with van der Waals surface area (Å²) in [5.41, 5.74) is 1.47. The first-order valence-electron chi connectivity index (χ1n) is 6.76. The molecule has 0 aliphatic carbocycles. The Morgan fingerprint density at radius 3 is 2.29 bits per heavy atom. The van der Waals surface area contributed by atoms with Gasteiger partial charge in [-0.3, -0.25) is 4.79 Å². The van der Waals surface area contributed by atoms with Crippen LogP contribution in [0.1, 0.15) is 19.4 Å². The van der Waals surface area contributed by atoms with E-state index in [-0.39, 0.29) is 12.5 Å². The highest BCUT2D eigenvalue weighted by Gasteiger charge is 2.13. The van der Waals surface area contributed by atoms with Crippen molar-refractivity contribution in [3.63, 3.8) is 0 Å². The molecule has 21 heavy (non-hydrogen) atoms. The molecule has 1 N–H and O–H groups in total. The van der Waals surface area contributed by atoms with E-state index in [9.17, 15) is 4.79 Å². The number of nitriles is 1. The number of hydrogen-bond acceptors (Lipinski definition) is 3. The Balaban J connectivity index is 0.000000196. The number of carbonyl (C=O) groups excluding carboxylic acids is 1. The summed E-state index contributed by atoms with van der Waals surface area (Å²) in [4.78, 5) is 10.8. The van der Waals surface area contributed by atoms with Crippen molar-refractivity contribution in [3.8, 4) is 11.8 Å². The Morgan fingerprint density at radius 2 is 1.67 bits per heavy atom. The molecular weight excluding hydrogens is 264 g/mol. The number of para-hydroxylation sites is 2. The van der Waals surface area contributed by atoms with Crippen molar-refractivity contribution in [1.82, 2.24) is 0 Å². The number of anilines is 1. The first kappa shape index (κ1) is 16.3. The molecule has 0 spiro atoms. The molecule has 0 bridgehead atoms. The van der Waals surface area contributed by atoms with E-state index in [4.69, 9.17) is 10.00 Å². The maximum atomic E-state index is 10.8. The van der Waals surface area contributed by atoms with Gasteiger partial charge in [0.25, 0.3) is 5.91 Å². The lowest BCUT2D eigenvalue weighted by molar-refractivity contribution is -0.118. The van der Waals surface area contributed by atoms with Crippen molar-refractivity contribution in [3.05, 3.63) is 60.2 Å². The summed E-state index contributed by atoms with van der Waals surface area (Å²) in [6.45, 7) is 4.12. The van der Waals surface area contributed by atoms with Gasteiger partial charge in [-0.1, -0.05) is 44.2 Å². The van der Waals surface area contributed by atoms with Crippen LogP contribution in [0, 0.1) is 11.3 Å². The summed E-state index contributed by atoms with van der Waals surface area (Å²) in [7, 11) is 0. The molecule has 1 heterocycles. The lowest BCUT2D eigenvalue weighted by Gasteiger charge is -2.16. The van der Waals surface area contributed by atoms with Crippen molar-refractivity contribution < 1.29 is 9.53 Å². The van der Waals surface area contributed by atoms with Gasteiger partial charge in [0.1, 0.15) is 5.75 Å². The minimum atomic E-state index is -0.0938. The van der Waals surface area contributed by atoms with E-state index in [1.54, 1.807) is 12.1 Å². The van der Waals surface area contributed by atoms with Crippen LogP contribution < -0.4 is 10.1 Å². The lowest BCUT2D eigenvalue weighted by Crippen LogP contribution is -2.25. The molecule has 0 atom stereocenters. The van der Waals surface area contributed by atoms with Crippen LogP contribution in [0.15, 0.2) is 54.6 Å². The number of nitrogens with one attached hydrogen (secondary N) is 1. The summed E-state index contributed by atoms with van der Waals surface area (Å²) in [5.74, 6) is 0.649. The number of amides is 1. The highest BCUT2D eigenvalue weighted by Crippen LogP contribution is 2.25. The zero-order chi connectivity index (χ0) is 15.5. The van der Waals surface area contributed by atoms with Gasteiger partial charge in [-0.05, 0) is 24.3 Å². The zero-order valence-electron chi connectivity index (χ0n) is 12.2. The zero-order valence-corrected chi connectivity index (χ0v) is 12.2. The Labute approximate surface area is 125 Å². The molecule has 1 amide bonds. The standard InChI is InChI=1S/C8H7NO2.C7H5N.C2H6/c10-8-5-11-7-4-2-1-3-6(7)9-8;8-6-7-4-2-1-3-5-7;1-2/h1-4H,5H2,(H,9,10);1-5H;1-2H3. The predicted molar refractivity (Wildman–Crippen MR) is 83.1 cm³/mol. The number of fused-ring (bicyclic) bond motifs is 1. The van der Waals surface area contributed by atoms with Gasteiger partial charge < -0.3 is 10.1 Å². The predicted octanol–water partition coefficient (Wildman–Crippen LogP) is 3.60. The topological polar surface area (TPSA) is 62.1 Å². The second-order valence-electron chi connectivity index (χ2n) is 3.81. The molecule has 2 aromatic carbocycles. The molecular formula is C17H18N2O2. The third kappa shape index (κ3) is 5.37. The number of rotatable bonds is 0. The fourth-order valence-electron chi connectivity index (χ4n) is 1.54. The second kappa shape index (κ2) is 9.16. The molecule has 0 fully saturated rings. The van der Waals surface area contributed by atoms with Gasteiger partial charge in [-0.15, -0.1) is 0 Å². The van der Waals surface area contributed by atoms with E-state index >= 15 is 0 Å². The van der Waals surface area contributed by atoms with Gasteiger partial charge in [0.2, 0.25) is 0 Å². The summed E-state index contributed by atoms with van der Waals surface area (Å²) >= 11 is 0. The molecule has 0 unspecified atom stereocenters. The highest BCUT2D eigenvalue weighted by molar-refractivity contribution is 5.95. The minimum absolute atomic E-state index is 0.0938. The Kier molecular flexibility index (Phi) is 7.09. The van der Waals surface area contributed by atoms with Crippen LogP contribution in [-0.4, -0.2) is 12.5 Å². The highest BCUT2D eigenvalue weighted by atomic mass is 16.5. The monoisotopic (exact) mass is 282 g/mol. The van der Waals surface area contributed by atoms with Crippen molar-refractivity contribution in [2.45, 2.75) is 13.8 Å². The van der Waals surface area contributed by atoms with Gasteiger partial charge in [-0.25, -0.2) is 0 Å². The molecule has 3 rings (SSSR count).